The van der Waals surface area contributed by atoms with E-state index in [-0.39, 0.29) is 0 Å². The van der Waals surface area contributed by atoms with Crippen LogP contribution in [-0.2, 0) is 0 Å². The summed E-state index contributed by atoms with van der Waals surface area (Å²) in [6, 6.07) is 9.91. The number of thioether (sulfide) groups is 1. The highest BCUT2D eigenvalue weighted by atomic mass is 32.2. The van der Waals surface area contributed by atoms with Gasteiger partial charge >= 0.3 is 0 Å². The predicted octanol–water partition coefficient (Wildman–Crippen LogP) is 2.94. The van der Waals surface area contributed by atoms with Crippen LogP contribution in [0.5, 0.6) is 0 Å². The van der Waals surface area contributed by atoms with Crippen LogP contribution in [0.4, 0.5) is 0 Å². The Morgan fingerprint density at radius 2 is 2.00 bits per heavy atom. The second kappa shape index (κ2) is 3.98. The van der Waals surface area contributed by atoms with E-state index in [2.05, 4.69) is 6.58 Å². The lowest BCUT2D eigenvalue weighted by molar-refractivity contribution is 1.47. The molecule has 0 atom stereocenters. The van der Waals surface area contributed by atoms with Crippen LogP contribution in [0.3, 0.4) is 0 Å². The molecule has 11 heavy (non-hydrogen) atoms. The molecule has 0 aromatic heterocycles. The first-order valence-corrected chi connectivity index (χ1v) is 4.07. The van der Waals surface area contributed by atoms with Gasteiger partial charge in [0, 0.05) is 16.0 Å². The Labute approximate surface area is 70.6 Å². The van der Waals surface area contributed by atoms with E-state index in [0.717, 1.165) is 9.80 Å². The summed E-state index contributed by atoms with van der Waals surface area (Å²) in [7, 11) is 0. The second-order valence-electron chi connectivity index (χ2n) is 2.03. The highest BCUT2D eigenvalue weighted by Gasteiger charge is 1.91. The normalized spacial score (nSPS) is 9.09. The van der Waals surface area contributed by atoms with Crippen LogP contribution < -0.4 is 0 Å². The zero-order valence-electron chi connectivity index (χ0n) is 6.08. The van der Waals surface area contributed by atoms with Crippen LogP contribution in [0.25, 0.3) is 0 Å². The van der Waals surface area contributed by atoms with Gasteiger partial charge in [0.2, 0.25) is 0 Å². The molecule has 0 spiro atoms. The van der Waals surface area contributed by atoms with Crippen molar-refractivity contribution in [1.82, 2.24) is 0 Å². The Morgan fingerprint density at radius 1 is 1.36 bits per heavy atom. The van der Waals surface area contributed by atoms with Crippen molar-refractivity contribution in [3.05, 3.63) is 41.8 Å². The molecule has 1 N–H and O–H groups in total. The van der Waals surface area contributed by atoms with Crippen LogP contribution in [0.2, 0.25) is 0 Å². The van der Waals surface area contributed by atoms with Gasteiger partial charge in [-0.2, -0.15) is 0 Å². The molecular weight excluding hydrogens is 154 g/mol. The molecule has 0 amide bonds. The van der Waals surface area contributed by atoms with Crippen molar-refractivity contribution in [2.45, 2.75) is 4.90 Å². The molecule has 2 heteroatoms. The molecule has 1 aromatic carbocycles. The topological polar surface area (TPSA) is 23.9 Å². The molecule has 0 radical (unpaired) electrons. The van der Waals surface area contributed by atoms with Crippen molar-refractivity contribution in [3.8, 4) is 0 Å². The van der Waals surface area contributed by atoms with Crippen LogP contribution in [0.1, 0.15) is 0 Å². The van der Waals surface area contributed by atoms with Crippen molar-refractivity contribution < 1.29 is 0 Å². The standard InChI is InChI=1S/C9H9NS/c1-8(7-10)11-9-5-3-2-4-6-9/h2-7,10H,1H2. The summed E-state index contributed by atoms with van der Waals surface area (Å²) < 4.78 is 0. The second-order valence-corrected chi connectivity index (χ2v) is 3.23. The first kappa shape index (κ1) is 8.08. The summed E-state index contributed by atoms with van der Waals surface area (Å²) in [6.45, 7) is 3.69. The van der Waals surface area contributed by atoms with Crippen LogP contribution in [-0.4, -0.2) is 6.21 Å². The minimum Gasteiger partial charge on any atom is -0.308 e. The highest BCUT2D eigenvalue weighted by Crippen LogP contribution is 2.22. The number of nitrogens with one attached hydrogen (secondary N) is 1. The zero-order valence-corrected chi connectivity index (χ0v) is 6.90. The van der Waals surface area contributed by atoms with Gasteiger partial charge in [-0.05, 0) is 12.1 Å². The lowest BCUT2D eigenvalue weighted by atomic mass is 10.4. The average Bonchev–Trinajstić information content (AvgIpc) is 2.06. The van der Waals surface area contributed by atoms with E-state index in [1.54, 1.807) is 0 Å². The Hall–Kier alpha value is -1.02. The molecular formula is C9H9NS. The number of hydrogen-bond donors (Lipinski definition) is 1. The first-order chi connectivity index (χ1) is 5.33. The molecule has 0 heterocycles. The Bertz CT molecular complexity index is 254. The molecule has 0 fully saturated rings. The van der Waals surface area contributed by atoms with Gasteiger partial charge in [-0.3, -0.25) is 0 Å². The van der Waals surface area contributed by atoms with Crippen LogP contribution in [0.15, 0.2) is 46.7 Å². The fraction of sp³-hybridized carbons (Fsp3) is 0. The molecule has 0 saturated heterocycles. The van der Waals surface area contributed by atoms with E-state index >= 15 is 0 Å². The summed E-state index contributed by atoms with van der Waals surface area (Å²) in [6.07, 6.45) is 1.26. The molecule has 1 aromatic rings. The van der Waals surface area contributed by atoms with Gasteiger partial charge in [0.25, 0.3) is 0 Å². The van der Waals surface area contributed by atoms with Gasteiger partial charge in [0.1, 0.15) is 0 Å². The largest absolute Gasteiger partial charge is 0.308 e. The van der Waals surface area contributed by atoms with Gasteiger partial charge in [-0.25, -0.2) is 0 Å². The van der Waals surface area contributed by atoms with Gasteiger partial charge < -0.3 is 5.41 Å². The monoisotopic (exact) mass is 163 g/mol. The third-order valence-corrected chi connectivity index (χ3v) is 2.04. The minimum absolute atomic E-state index is 0.760. The third-order valence-electron chi connectivity index (χ3n) is 1.15. The van der Waals surface area contributed by atoms with E-state index in [9.17, 15) is 0 Å². The Balaban J connectivity index is 2.65. The lowest BCUT2D eigenvalue weighted by Crippen LogP contribution is -1.73. The number of rotatable bonds is 3. The summed E-state index contributed by atoms with van der Waals surface area (Å²) in [5, 5.41) is 6.91. The lowest BCUT2D eigenvalue weighted by Gasteiger charge is -1.97. The molecule has 0 aliphatic heterocycles. The van der Waals surface area contributed by atoms with E-state index in [1.165, 1.54) is 18.0 Å². The van der Waals surface area contributed by atoms with Crippen molar-refractivity contribution in [2.24, 2.45) is 0 Å². The molecule has 0 bridgehead atoms. The smallest absolute Gasteiger partial charge is 0.0311 e. The number of hydrogen-bond acceptors (Lipinski definition) is 2. The van der Waals surface area contributed by atoms with Crippen molar-refractivity contribution in [3.63, 3.8) is 0 Å². The Morgan fingerprint density at radius 3 is 2.55 bits per heavy atom. The maximum atomic E-state index is 6.91. The van der Waals surface area contributed by atoms with Crippen molar-refractivity contribution in [2.75, 3.05) is 0 Å². The molecule has 0 saturated carbocycles. The fourth-order valence-corrected chi connectivity index (χ4v) is 1.32. The summed E-state index contributed by atoms with van der Waals surface area (Å²) in [5.74, 6) is 0. The van der Waals surface area contributed by atoms with Gasteiger partial charge in [0.15, 0.2) is 0 Å². The van der Waals surface area contributed by atoms with E-state index in [0.29, 0.717) is 0 Å². The maximum absolute atomic E-state index is 6.91. The van der Waals surface area contributed by atoms with Gasteiger partial charge in [-0.1, -0.05) is 36.5 Å². The first-order valence-electron chi connectivity index (χ1n) is 3.25. The zero-order chi connectivity index (χ0) is 8.10. The maximum Gasteiger partial charge on any atom is 0.0311 e. The molecule has 1 rings (SSSR count). The van der Waals surface area contributed by atoms with E-state index in [1.807, 2.05) is 30.3 Å². The average molecular weight is 163 g/mol. The molecule has 0 unspecified atom stereocenters. The molecule has 1 nitrogen and oxygen atoms in total. The molecule has 56 valence electrons. The fourth-order valence-electron chi connectivity index (χ4n) is 0.669. The van der Waals surface area contributed by atoms with Gasteiger partial charge in [-0.15, -0.1) is 0 Å². The van der Waals surface area contributed by atoms with Crippen molar-refractivity contribution in [1.29, 1.82) is 5.41 Å². The third kappa shape index (κ3) is 2.60. The summed E-state index contributed by atoms with van der Waals surface area (Å²) >= 11 is 1.51. The van der Waals surface area contributed by atoms with Gasteiger partial charge in [0.05, 0.1) is 0 Å². The SMILES string of the molecule is C=C(C=N)Sc1ccccc1. The summed E-state index contributed by atoms with van der Waals surface area (Å²) in [5.41, 5.74) is 0. The van der Waals surface area contributed by atoms with E-state index < -0.39 is 0 Å². The molecule has 0 aliphatic rings. The van der Waals surface area contributed by atoms with Crippen molar-refractivity contribution >= 4 is 18.0 Å². The summed E-state index contributed by atoms with van der Waals surface area (Å²) in [4.78, 5) is 1.89. The number of benzene rings is 1. The highest BCUT2D eigenvalue weighted by molar-refractivity contribution is 8.03. The van der Waals surface area contributed by atoms with Crippen LogP contribution >= 0.6 is 11.8 Å². The molecule has 0 aliphatic carbocycles. The Kier molecular flexibility index (Phi) is 2.93. The van der Waals surface area contributed by atoms with E-state index in [4.69, 9.17) is 5.41 Å². The van der Waals surface area contributed by atoms with Crippen LogP contribution in [0, 0.1) is 5.41 Å². The number of allylic oxidation sites excluding steroid dienone is 1. The minimum atomic E-state index is 0.760. The predicted molar refractivity (Wildman–Crippen MR) is 50.2 cm³/mol. The quantitative estimate of drug-likeness (QED) is 0.537.